The zero-order valence-corrected chi connectivity index (χ0v) is 12.3. The molecule has 0 aromatic carbocycles. The number of aromatic nitrogens is 3. The number of amides is 1. The maximum absolute atomic E-state index is 10.8. The minimum atomic E-state index is -2.63. The van der Waals surface area contributed by atoms with Crippen molar-refractivity contribution in [3.8, 4) is 0 Å². The van der Waals surface area contributed by atoms with Crippen molar-refractivity contribution in [1.29, 1.82) is 0 Å². The van der Waals surface area contributed by atoms with E-state index in [0.29, 0.717) is 6.54 Å². The van der Waals surface area contributed by atoms with E-state index >= 15 is 0 Å². The van der Waals surface area contributed by atoms with Crippen LogP contribution in [0.15, 0.2) is 6.20 Å². The van der Waals surface area contributed by atoms with Crippen molar-refractivity contribution in [3.05, 3.63) is 11.9 Å². The summed E-state index contributed by atoms with van der Waals surface area (Å²) >= 11 is 0. The van der Waals surface area contributed by atoms with E-state index in [1.54, 1.807) is 0 Å². The second kappa shape index (κ2) is 6.20. The largest absolute Gasteiger partial charge is 0.560 e. The van der Waals surface area contributed by atoms with Crippen LogP contribution in [0.5, 0.6) is 0 Å². The van der Waals surface area contributed by atoms with Crippen molar-refractivity contribution in [2.75, 3.05) is 0 Å². The summed E-state index contributed by atoms with van der Waals surface area (Å²) in [5.41, 5.74) is 5.20. The summed E-state index contributed by atoms with van der Waals surface area (Å²) in [5.74, 6) is -0.605. The number of carbonyl (C=O) groups excluding carboxylic acids is 1. The van der Waals surface area contributed by atoms with E-state index in [9.17, 15) is 4.79 Å². The summed E-state index contributed by atoms with van der Waals surface area (Å²) in [6.45, 7) is 4.42. The molecule has 10 heteroatoms. The first kappa shape index (κ1) is 15.0. The molecule has 4 N–H and O–H groups in total. The summed E-state index contributed by atoms with van der Waals surface area (Å²) in [6.07, 6.45) is 2.25. The fourth-order valence-corrected chi connectivity index (χ4v) is 4.88. The molecule has 1 aromatic rings. The average molecular weight is 289 g/mol. The molecular weight excluding hydrogens is 272 g/mol. The number of rotatable bonds is 7. The van der Waals surface area contributed by atoms with Crippen LogP contribution < -0.4 is 5.73 Å². The molecular formula is C8H17N4O4Si2. The van der Waals surface area contributed by atoms with Crippen LogP contribution in [-0.4, -0.2) is 48.3 Å². The van der Waals surface area contributed by atoms with Gasteiger partial charge in [-0.05, 0) is 25.6 Å². The SMILES string of the molecule is C[Si](C)(CCCn1cc(C(N)=O)nn1)O[Si](O)O. The Morgan fingerprint density at radius 2 is 2.28 bits per heavy atom. The van der Waals surface area contributed by atoms with Gasteiger partial charge in [0.1, 0.15) is 0 Å². The highest BCUT2D eigenvalue weighted by molar-refractivity contribution is 6.75. The van der Waals surface area contributed by atoms with Gasteiger partial charge in [0.2, 0.25) is 0 Å². The first-order chi connectivity index (χ1) is 8.30. The van der Waals surface area contributed by atoms with E-state index in [1.165, 1.54) is 10.9 Å². The zero-order valence-electron chi connectivity index (χ0n) is 10.3. The van der Waals surface area contributed by atoms with Crippen molar-refractivity contribution in [3.63, 3.8) is 0 Å². The van der Waals surface area contributed by atoms with Gasteiger partial charge in [-0.2, -0.15) is 0 Å². The summed E-state index contributed by atoms with van der Waals surface area (Å²) in [6, 6.07) is 0.758. The molecule has 1 heterocycles. The second-order valence-electron chi connectivity index (χ2n) is 4.48. The van der Waals surface area contributed by atoms with Crippen LogP contribution >= 0.6 is 0 Å². The predicted molar refractivity (Wildman–Crippen MR) is 66.7 cm³/mol. The molecule has 1 rings (SSSR count). The van der Waals surface area contributed by atoms with Crippen LogP contribution in [0.1, 0.15) is 16.9 Å². The Morgan fingerprint density at radius 1 is 1.61 bits per heavy atom. The standard InChI is InChI=1S/C8H17N4O4Si2/c1-18(2,16-17(14)15)5-3-4-12-6-7(8(9)13)10-11-12/h6,14-15H,3-5H2,1-2H3,(H2,9,13). The Hall–Kier alpha value is -1.08. The third kappa shape index (κ3) is 5.06. The Kier molecular flexibility index (Phi) is 5.16. The first-order valence-electron chi connectivity index (χ1n) is 5.44. The van der Waals surface area contributed by atoms with E-state index in [-0.39, 0.29) is 5.69 Å². The summed E-state index contributed by atoms with van der Waals surface area (Å²) in [7, 11) is -4.67. The highest BCUT2D eigenvalue weighted by atomic mass is 28.4. The van der Waals surface area contributed by atoms with E-state index in [4.69, 9.17) is 19.4 Å². The Labute approximate surface area is 107 Å². The van der Waals surface area contributed by atoms with Crippen LogP contribution in [0.2, 0.25) is 19.1 Å². The third-order valence-electron chi connectivity index (χ3n) is 2.32. The molecule has 0 fully saturated rings. The van der Waals surface area contributed by atoms with Gasteiger partial charge in [0.05, 0.1) is 6.20 Å². The minimum Gasteiger partial charge on any atom is -0.414 e. The van der Waals surface area contributed by atoms with Crippen molar-refractivity contribution < 1.29 is 18.5 Å². The Bertz CT molecular complexity index is 410. The number of nitrogens with two attached hydrogens (primary N) is 1. The van der Waals surface area contributed by atoms with Crippen molar-refractivity contribution >= 4 is 23.8 Å². The van der Waals surface area contributed by atoms with Gasteiger partial charge < -0.3 is 19.4 Å². The number of aryl methyl sites for hydroxylation is 1. The number of primary amides is 1. The van der Waals surface area contributed by atoms with Crippen LogP contribution in [0.3, 0.4) is 0 Å². The van der Waals surface area contributed by atoms with Crippen molar-refractivity contribution in [1.82, 2.24) is 15.0 Å². The normalized spacial score (nSPS) is 12.1. The van der Waals surface area contributed by atoms with E-state index in [2.05, 4.69) is 10.3 Å². The van der Waals surface area contributed by atoms with Crippen molar-refractivity contribution in [2.45, 2.75) is 32.1 Å². The van der Waals surface area contributed by atoms with E-state index < -0.39 is 23.8 Å². The van der Waals surface area contributed by atoms with E-state index in [1.807, 2.05) is 13.1 Å². The number of hydrogen-bond acceptors (Lipinski definition) is 6. The predicted octanol–water partition coefficient (Wildman–Crippen LogP) is -1.04. The summed E-state index contributed by atoms with van der Waals surface area (Å²) < 4.78 is 6.69. The molecule has 1 amide bonds. The van der Waals surface area contributed by atoms with Gasteiger partial charge in [-0.25, -0.2) is 0 Å². The van der Waals surface area contributed by atoms with Gasteiger partial charge in [-0.3, -0.25) is 9.48 Å². The Balaban J connectivity index is 2.39. The molecule has 0 aliphatic rings. The van der Waals surface area contributed by atoms with Crippen molar-refractivity contribution in [2.24, 2.45) is 5.73 Å². The highest BCUT2D eigenvalue weighted by Crippen LogP contribution is 2.14. The van der Waals surface area contributed by atoms with Crippen LogP contribution in [0.4, 0.5) is 0 Å². The maximum Gasteiger partial charge on any atom is 0.560 e. The molecule has 0 spiro atoms. The fourth-order valence-electron chi connectivity index (χ4n) is 1.49. The molecule has 1 radical (unpaired) electrons. The fraction of sp³-hybridized carbons (Fsp3) is 0.625. The lowest BCUT2D eigenvalue weighted by Crippen LogP contribution is -2.38. The number of hydrogen-bond donors (Lipinski definition) is 3. The van der Waals surface area contributed by atoms with E-state index in [0.717, 1.165) is 12.5 Å². The molecule has 0 aliphatic carbocycles. The zero-order chi connectivity index (χ0) is 13.8. The monoisotopic (exact) mass is 289 g/mol. The lowest BCUT2D eigenvalue weighted by Gasteiger charge is -2.22. The van der Waals surface area contributed by atoms with Gasteiger partial charge in [0, 0.05) is 6.54 Å². The Morgan fingerprint density at radius 3 is 2.78 bits per heavy atom. The molecule has 18 heavy (non-hydrogen) atoms. The smallest absolute Gasteiger partial charge is 0.414 e. The molecule has 8 nitrogen and oxygen atoms in total. The molecule has 0 atom stereocenters. The van der Waals surface area contributed by atoms with Gasteiger partial charge in [0.15, 0.2) is 14.0 Å². The highest BCUT2D eigenvalue weighted by Gasteiger charge is 2.26. The molecule has 0 aliphatic heterocycles. The summed E-state index contributed by atoms with van der Waals surface area (Å²) in [5, 5.41) is 7.39. The molecule has 101 valence electrons. The molecule has 0 unspecified atom stereocenters. The summed E-state index contributed by atoms with van der Waals surface area (Å²) in [4.78, 5) is 28.5. The molecule has 0 bridgehead atoms. The van der Waals surface area contributed by atoms with Gasteiger partial charge >= 0.3 is 9.53 Å². The molecule has 1 aromatic heterocycles. The minimum absolute atomic E-state index is 0.138. The quantitative estimate of drug-likeness (QED) is 0.551. The maximum atomic E-state index is 10.8. The second-order valence-corrected chi connectivity index (χ2v) is 9.88. The van der Waals surface area contributed by atoms with Crippen LogP contribution in [0, 0.1) is 0 Å². The van der Waals surface area contributed by atoms with Gasteiger partial charge in [0.25, 0.3) is 5.91 Å². The number of carbonyl (C=O) groups is 1. The van der Waals surface area contributed by atoms with Gasteiger partial charge in [-0.15, -0.1) is 5.10 Å². The van der Waals surface area contributed by atoms with Crippen LogP contribution in [0.25, 0.3) is 0 Å². The lowest BCUT2D eigenvalue weighted by atomic mass is 10.4. The first-order valence-corrected chi connectivity index (χ1v) is 9.86. The number of nitrogens with zero attached hydrogens (tertiary/aromatic N) is 3. The molecule has 0 saturated heterocycles. The van der Waals surface area contributed by atoms with Gasteiger partial charge in [-0.1, -0.05) is 5.21 Å². The van der Waals surface area contributed by atoms with Crippen LogP contribution in [-0.2, 0) is 10.7 Å². The molecule has 0 saturated carbocycles. The average Bonchev–Trinajstić information content (AvgIpc) is 2.63. The lowest BCUT2D eigenvalue weighted by molar-refractivity contribution is 0.0995. The third-order valence-corrected chi connectivity index (χ3v) is 6.82. The topological polar surface area (TPSA) is 123 Å².